The highest BCUT2D eigenvalue weighted by molar-refractivity contribution is 5.76. The second kappa shape index (κ2) is 30.1. The zero-order valence-corrected chi connectivity index (χ0v) is 33.9. The summed E-state index contributed by atoms with van der Waals surface area (Å²) >= 11 is 0. The number of carbonyl (C=O) groups is 1. The number of ether oxygens (including phenoxy) is 4. The molecule has 1 amide bonds. The number of aliphatic hydroxyl groups is 8. The van der Waals surface area contributed by atoms with Crippen LogP contribution in [0.5, 0.6) is 0 Å². The molecule has 4 unspecified atom stereocenters. The van der Waals surface area contributed by atoms with E-state index in [9.17, 15) is 45.6 Å². The molecule has 0 aromatic carbocycles. The Hall–Kier alpha value is -1.01. The maximum atomic E-state index is 13.0. The Morgan fingerprint density at radius 2 is 1.04 bits per heavy atom. The molecule has 0 saturated carbocycles. The fourth-order valence-electron chi connectivity index (χ4n) is 7.41. The largest absolute Gasteiger partial charge is 0.394 e. The lowest BCUT2D eigenvalue weighted by atomic mass is 9.97. The van der Waals surface area contributed by atoms with E-state index in [-0.39, 0.29) is 12.5 Å². The lowest BCUT2D eigenvalue weighted by Crippen LogP contribution is -2.65. The summed E-state index contributed by atoms with van der Waals surface area (Å²) in [7, 11) is 0. The topological polar surface area (TPSA) is 228 Å². The number of amides is 1. The van der Waals surface area contributed by atoms with Crippen LogP contribution in [-0.2, 0) is 23.7 Å². The molecule has 0 spiro atoms. The van der Waals surface area contributed by atoms with Crippen molar-refractivity contribution in [2.75, 3.05) is 19.8 Å². The van der Waals surface area contributed by atoms with Gasteiger partial charge in [-0.25, -0.2) is 0 Å². The normalized spacial score (nSPS) is 29.6. The molecule has 2 rings (SSSR count). The third-order valence-electron chi connectivity index (χ3n) is 11.1. The molecule has 2 saturated heterocycles. The predicted octanol–water partition coefficient (Wildman–Crippen LogP) is 3.48. The van der Waals surface area contributed by atoms with Gasteiger partial charge >= 0.3 is 0 Å². The summed E-state index contributed by atoms with van der Waals surface area (Å²) in [4.78, 5) is 13.0. The van der Waals surface area contributed by atoms with Crippen LogP contribution < -0.4 is 5.32 Å². The highest BCUT2D eigenvalue weighted by Crippen LogP contribution is 2.30. The lowest BCUT2D eigenvalue weighted by molar-refractivity contribution is -0.359. The monoisotopic (exact) mass is 794 g/mol. The van der Waals surface area contributed by atoms with Gasteiger partial charge in [-0.3, -0.25) is 4.79 Å². The van der Waals surface area contributed by atoms with E-state index in [1.165, 1.54) is 83.5 Å². The summed E-state index contributed by atoms with van der Waals surface area (Å²) in [6.45, 7) is 2.78. The number of aliphatic hydroxyl groups excluding tert-OH is 8. The van der Waals surface area contributed by atoms with E-state index >= 15 is 0 Å². The van der Waals surface area contributed by atoms with E-state index in [0.29, 0.717) is 12.8 Å². The molecule has 2 fully saturated rings. The number of hydrogen-bond donors (Lipinski definition) is 9. The van der Waals surface area contributed by atoms with E-state index in [4.69, 9.17) is 18.9 Å². The van der Waals surface area contributed by atoms with Crippen molar-refractivity contribution in [3.05, 3.63) is 0 Å². The predicted molar refractivity (Wildman–Crippen MR) is 208 cm³/mol. The first-order valence-corrected chi connectivity index (χ1v) is 21.8. The molecule has 2 heterocycles. The quantitative estimate of drug-likeness (QED) is 0.0445. The summed E-state index contributed by atoms with van der Waals surface area (Å²) in [5, 5.41) is 86.3. The maximum absolute atomic E-state index is 13.0. The molecule has 0 aromatic heterocycles. The van der Waals surface area contributed by atoms with Crippen LogP contribution >= 0.6 is 0 Å². The Kier molecular flexibility index (Phi) is 27.4. The molecule has 0 aromatic rings. The summed E-state index contributed by atoms with van der Waals surface area (Å²) < 4.78 is 22.6. The molecule has 9 N–H and O–H groups in total. The van der Waals surface area contributed by atoms with Crippen molar-refractivity contribution < 1.29 is 64.6 Å². The Labute approximate surface area is 330 Å². The average molecular weight is 794 g/mol. The molecule has 326 valence electrons. The molecule has 14 nitrogen and oxygen atoms in total. The standard InChI is InChI=1S/C41H79NO13/c1-3-5-7-9-11-13-14-15-16-17-18-20-22-24-30(45)29(42-33(46)25-23-21-19-12-10-8-6-4-2)28-52-40-38(51)36(49)39(32(27-44)54-40)55-41-37(50)35(48)34(47)31(26-43)53-41/h29-32,34-41,43-45,47-51H,3-28H2,1-2H3,(H,42,46)/t29-,30+,31+,32+,34-,35?,36?,37?,38?,39+,40+,41-/m0/s1. The minimum absolute atomic E-state index is 0.213. The molecule has 14 heteroatoms. The number of rotatable bonds is 32. The third-order valence-corrected chi connectivity index (χ3v) is 11.1. The van der Waals surface area contributed by atoms with E-state index in [0.717, 1.165) is 51.4 Å². The Balaban J connectivity index is 1.90. The van der Waals surface area contributed by atoms with Crippen LogP contribution in [0.3, 0.4) is 0 Å². The average Bonchev–Trinajstić information content (AvgIpc) is 3.18. The molecule has 2 aliphatic rings. The minimum atomic E-state index is -1.78. The van der Waals surface area contributed by atoms with Crippen molar-refractivity contribution in [2.45, 2.75) is 235 Å². The molecule has 2 aliphatic heterocycles. The zero-order valence-electron chi connectivity index (χ0n) is 33.9. The van der Waals surface area contributed by atoms with Crippen LogP contribution in [0, 0.1) is 0 Å². The van der Waals surface area contributed by atoms with Crippen molar-refractivity contribution >= 4 is 5.91 Å². The number of unbranched alkanes of at least 4 members (excludes halogenated alkanes) is 19. The molecule has 0 bridgehead atoms. The van der Waals surface area contributed by atoms with Gasteiger partial charge in [0.15, 0.2) is 12.6 Å². The van der Waals surface area contributed by atoms with Crippen LogP contribution in [-0.4, -0.2) is 140 Å². The lowest BCUT2D eigenvalue weighted by Gasteiger charge is -2.46. The van der Waals surface area contributed by atoms with E-state index in [2.05, 4.69) is 19.2 Å². The summed E-state index contributed by atoms with van der Waals surface area (Å²) in [5.41, 5.74) is 0. The van der Waals surface area contributed by atoms with Crippen LogP contribution in [0.15, 0.2) is 0 Å². The van der Waals surface area contributed by atoms with Crippen molar-refractivity contribution in [2.24, 2.45) is 0 Å². The molecule has 0 radical (unpaired) electrons. The minimum Gasteiger partial charge on any atom is -0.394 e. The summed E-state index contributed by atoms with van der Waals surface area (Å²) in [6, 6.07) is -0.817. The van der Waals surface area contributed by atoms with Gasteiger partial charge in [-0.2, -0.15) is 0 Å². The molecular formula is C41H79NO13. The van der Waals surface area contributed by atoms with Gasteiger partial charge < -0.3 is 65.1 Å². The smallest absolute Gasteiger partial charge is 0.220 e. The highest BCUT2D eigenvalue weighted by atomic mass is 16.7. The maximum Gasteiger partial charge on any atom is 0.220 e. The van der Waals surface area contributed by atoms with E-state index in [1.54, 1.807) is 0 Å². The molecule has 55 heavy (non-hydrogen) atoms. The highest BCUT2D eigenvalue weighted by Gasteiger charge is 2.51. The summed E-state index contributed by atoms with van der Waals surface area (Å²) in [5.74, 6) is -0.213. The fourth-order valence-corrected chi connectivity index (χ4v) is 7.41. The van der Waals surface area contributed by atoms with Crippen LogP contribution in [0.4, 0.5) is 0 Å². The third kappa shape index (κ3) is 19.1. The van der Waals surface area contributed by atoms with Gasteiger partial charge in [0.2, 0.25) is 5.91 Å². The van der Waals surface area contributed by atoms with Crippen molar-refractivity contribution in [3.63, 3.8) is 0 Å². The molecular weight excluding hydrogens is 714 g/mol. The van der Waals surface area contributed by atoms with Gasteiger partial charge in [0.25, 0.3) is 0 Å². The van der Waals surface area contributed by atoms with Crippen molar-refractivity contribution in [3.8, 4) is 0 Å². The number of nitrogens with one attached hydrogen (secondary N) is 1. The van der Waals surface area contributed by atoms with Gasteiger partial charge in [0, 0.05) is 6.42 Å². The first kappa shape index (κ1) is 50.1. The zero-order chi connectivity index (χ0) is 40.4. The second-order valence-corrected chi connectivity index (χ2v) is 15.8. The van der Waals surface area contributed by atoms with Gasteiger partial charge in [-0.1, -0.05) is 142 Å². The van der Waals surface area contributed by atoms with Crippen molar-refractivity contribution in [1.82, 2.24) is 5.32 Å². The fraction of sp³-hybridized carbons (Fsp3) is 0.976. The SMILES string of the molecule is CCCCCCCCCCCCCCC[C@@H](O)[C@H](CO[C@@H]1O[C@H](CO)[C@@H](O[C@@H]2O[C@H](CO)[C@H](O)C(O)C2O)C(O)C1O)NC(=O)CCCCCCCCCC. The first-order valence-electron chi connectivity index (χ1n) is 21.8. The van der Waals surface area contributed by atoms with E-state index < -0.39 is 86.8 Å². The second-order valence-electron chi connectivity index (χ2n) is 15.8. The first-order chi connectivity index (χ1) is 26.6. The van der Waals surface area contributed by atoms with Crippen LogP contribution in [0.25, 0.3) is 0 Å². The summed E-state index contributed by atoms with van der Waals surface area (Å²) in [6.07, 6.45) is 8.47. The van der Waals surface area contributed by atoms with Crippen LogP contribution in [0.2, 0.25) is 0 Å². The van der Waals surface area contributed by atoms with Crippen LogP contribution in [0.1, 0.15) is 162 Å². The molecule has 12 atom stereocenters. The number of carbonyl (C=O) groups excluding carboxylic acids is 1. The molecule has 0 aliphatic carbocycles. The Morgan fingerprint density at radius 3 is 1.55 bits per heavy atom. The van der Waals surface area contributed by atoms with Gasteiger partial charge in [-0.15, -0.1) is 0 Å². The van der Waals surface area contributed by atoms with E-state index in [1.807, 2.05) is 0 Å². The number of hydrogen-bond acceptors (Lipinski definition) is 13. The van der Waals surface area contributed by atoms with Gasteiger partial charge in [0.05, 0.1) is 32.0 Å². The Bertz CT molecular complexity index is 946. The van der Waals surface area contributed by atoms with Crippen molar-refractivity contribution in [1.29, 1.82) is 0 Å². The van der Waals surface area contributed by atoms with Gasteiger partial charge in [0.1, 0.15) is 48.8 Å². The van der Waals surface area contributed by atoms with Gasteiger partial charge in [-0.05, 0) is 12.8 Å². The Morgan fingerprint density at radius 1 is 0.582 bits per heavy atom.